The largest absolute Gasteiger partial charge is 0.748 e. The fourth-order valence-electron chi connectivity index (χ4n) is 7.04. The molecule has 3 aromatic rings. The zero-order chi connectivity index (χ0) is 39.3. The highest BCUT2D eigenvalue weighted by molar-refractivity contribution is 14.1. The van der Waals surface area contributed by atoms with Crippen molar-refractivity contribution in [3.8, 4) is 0 Å². The number of carbonyl (C=O) groups excluding carboxylic acids is 1. The van der Waals surface area contributed by atoms with Crippen LogP contribution in [0.15, 0.2) is 100 Å². The fraction of sp³-hybridized carbons (Fsp3) is 0.278. The number of fused-ring (bicyclic) bond motifs is 4. The maximum absolute atomic E-state index is 12.3. The van der Waals surface area contributed by atoms with E-state index in [2.05, 4.69) is 23.7 Å². The van der Waals surface area contributed by atoms with E-state index in [9.17, 15) is 43.7 Å². The van der Waals surface area contributed by atoms with E-state index in [4.69, 9.17) is 0 Å². The van der Waals surface area contributed by atoms with E-state index >= 15 is 0 Å². The Balaban J connectivity index is 1.48. The minimum Gasteiger partial charge on any atom is -0.748 e. The summed E-state index contributed by atoms with van der Waals surface area (Å²) in [6.07, 6.45) is 12.7. The summed E-state index contributed by atoms with van der Waals surface area (Å²) < 4.78 is 106. The molecule has 3 N–H and O–H groups in total. The molecule has 2 aliphatic heterocycles. The number of nitrogens with zero attached hydrogens (tertiary/aromatic N) is 2. The maximum Gasteiger partial charge on any atom is 0.295 e. The highest BCUT2D eigenvalue weighted by Gasteiger charge is 2.44. The third kappa shape index (κ3) is 8.20. The first-order valence-electron chi connectivity index (χ1n) is 16.1. The van der Waals surface area contributed by atoms with Crippen LogP contribution >= 0.6 is 22.6 Å². The number of amides is 1. The van der Waals surface area contributed by atoms with Gasteiger partial charge in [0.15, 0.2) is 5.71 Å². The molecule has 0 spiro atoms. The second kappa shape index (κ2) is 14.5. The summed E-state index contributed by atoms with van der Waals surface area (Å²) in [4.78, 5) is 12.0. The Labute approximate surface area is 322 Å². The Kier molecular flexibility index (Phi) is 11.1. The van der Waals surface area contributed by atoms with Gasteiger partial charge in [-0.3, -0.25) is 13.9 Å². The van der Waals surface area contributed by atoms with Crippen LogP contribution in [0.3, 0.4) is 0 Å². The molecule has 0 bridgehead atoms. The number of benzene rings is 3. The van der Waals surface area contributed by atoms with Crippen LogP contribution in [-0.2, 0) is 46.0 Å². The lowest BCUT2D eigenvalue weighted by Crippen LogP contribution is -2.30. The van der Waals surface area contributed by atoms with Crippen molar-refractivity contribution >= 4 is 92.4 Å². The van der Waals surface area contributed by atoms with Gasteiger partial charge in [-0.1, -0.05) is 72.9 Å². The molecule has 0 aliphatic carbocycles. The topological polar surface area (TPSA) is 201 Å². The lowest BCUT2D eigenvalue weighted by atomic mass is 9.81. The summed E-state index contributed by atoms with van der Waals surface area (Å²) in [5, 5.41) is 2.98. The molecule has 53 heavy (non-hydrogen) atoms. The molecule has 5 rings (SSSR count). The molecule has 282 valence electrons. The summed E-state index contributed by atoms with van der Waals surface area (Å²) in [6.45, 7) is 7.48. The van der Waals surface area contributed by atoms with Crippen LogP contribution < -0.4 is 10.2 Å². The molecule has 0 atom stereocenters. The third-order valence-electron chi connectivity index (χ3n) is 9.43. The van der Waals surface area contributed by atoms with E-state index < -0.39 is 51.3 Å². The average Bonchev–Trinajstić information content (AvgIpc) is 3.38. The highest BCUT2D eigenvalue weighted by atomic mass is 127. The first-order valence-corrected chi connectivity index (χ1v) is 22.1. The van der Waals surface area contributed by atoms with Gasteiger partial charge < -0.3 is 14.8 Å². The Hall–Kier alpha value is -3.72. The molecule has 3 aromatic carbocycles. The summed E-state index contributed by atoms with van der Waals surface area (Å²) >= 11 is 2.02. The first-order chi connectivity index (χ1) is 24.5. The number of carbonyl (C=O) groups is 1. The normalized spacial score (nSPS) is 17.9. The Bertz CT molecular complexity index is 2540. The standard InChI is InChI=1S/C36H38IN3O10S3/c1-35(2)27-19-23(38-33(41)22-37)13-15-28(27)39(5)31(35)11-9-7-6-8-10-12-32-36(3,4)34-26-20-24(52(45,46)47)21-30(53(48,49)50)25(26)14-16-29(34)40(32)17-18-51(42,43)44/h6-16,19-21H,17-18,22H2,1-5H3,(H3-,38,41,42,43,44,45,46,47,48,49,50). The molecule has 0 fully saturated rings. The van der Waals surface area contributed by atoms with E-state index in [0.717, 1.165) is 28.7 Å². The minimum atomic E-state index is -4.95. The summed E-state index contributed by atoms with van der Waals surface area (Å²) in [5.74, 6) is -0.830. The Morgan fingerprint density at radius 2 is 1.55 bits per heavy atom. The number of halogens is 1. The molecule has 1 amide bonds. The van der Waals surface area contributed by atoms with Gasteiger partial charge in [0.2, 0.25) is 11.6 Å². The van der Waals surface area contributed by atoms with E-state index in [-0.39, 0.29) is 28.6 Å². The molecule has 17 heteroatoms. The van der Waals surface area contributed by atoms with Crippen LogP contribution in [0.1, 0.15) is 38.8 Å². The smallest absolute Gasteiger partial charge is 0.295 e. The molecule has 0 saturated heterocycles. The number of nitrogens with one attached hydrogen (secondary N) is 1. The lowest BCUT2D eigenvalue weighted by molar-refractivity contribution is -0.401. The summed E-state index contributed by atoms with van der Waals surface area (Å²) in [5.41, 5.74) is 3.81. The van der Waals surface area contributed by atoms with Crippen LogP contribution in [0.5, 0.6) is 0 Å². The van der Waals surface area contributed by atoms with Crippen LogP contribution in [0.2, 0.25) is 0 Å². The maximum atomic E-state index is 12.3. The summed E-state index contributed by atoms with van der Waals surface area (Å²) in [6, 6.07) is 10.5. The zero-order valence-electron chi connectivity index (χ0n) is 29.4. The van der Waals surface area contributed by atoms with Crippen molar-refractivity contribution in [2.45, 2.75) is 48.3 Å². The Morgan fingerprint density at radius 1 is 0.887 bits per heavy atom. The van der Waals surface area contributed by atoms with Gasteiger partial charge in [0.05, 0.1) is 30.6 Å². The number of rotatable bonds is 11. The zero-order valence-corrected chi connectivity index (χ0v) is 34.0. The summed E-state index contributed by atoms with van der Waals surface area (Å²) in [7, 11) is -12.5. The van der Waals surface area contributed by atoms with Gasteiger partial charge in [-0.05, 0) is 61.2 Å². The third-order valence-corrected chi connectivity index (χ3v) is 12.5. The lowest BCUT2D eigenvalue weighted by Gasteiger charge is -2.27. The monoisotopic (exact) mass is 895 g/mol. The van der Waals surface area contributed by atoms with Crippen molar-refractivity contribution in [2.75, 3.05) is 34.0 Å². The van der Waals surface area contributed by atoms with Gasteiger partial charge in [-0.25, -0.2) is 8.42 Å². The molecule has 0 unspecified atom stereocenters. The predicted octanol–water partition coefficient (Wildman–Crippen LogP) is 5.61. The van der Waals surface area contributed by atoms with E-state index in [1.807, 2.05) is 66.1 Å². The molecule has 2 aliphatic rings. The van der Waals surface area contributed by atoms with Gasteiger partial charge >= 0.3 is 0 Å². The molecule has 0 saturated carbocycles. The quantitative estimate of drug-likeness (QED) is 0.0711. The number of hydrogen-bond acceptors (Lipinski definition) is 9. The number of anilines is 2. The van der Waals surface area contributed by atoms with Crippen molar-refractivity contribution in [2.24, 2.45) is 0 Å². The molecule has 2 heterocycles. The van der Waals surface area contributed by atoms with Gasteiger partial charge in [0.1, 0.15) is 11.9 Å². The van der Waals surface area contributed by atoms with Crippen molar-refractivity contribution in [1.29, 1.82) is 0 Å². The second-order valence-electron chi connectivity index (χ2n) is 13.6. The van der Waals surface area contributed by atoms with E-state index in [0.29, 0.717) is 27.4 Å². The molecule has 0 aromatic heterocycles. The second-order valence-corrected chi connectivity index (χ2v) is 18.7. The SMILES string of the molecule is C[N+]1=C(/C=C/C=C/C=C/C=C2/N(CCS(=O)(=O)[O-])c3ccc4c(S(=O)(=O)O)cc(S(=O)(=O)O)cc4c3C2(C)C)C(C)(C)c2cc(NC(=O)CI)ccc21. The van der Waals surface area contributed by atoms with Crippen LogP contribution in [0.25, 0.3) is 10.8 Å². The fourth-order valence-corrected chi connectivity index (χ4v) is 8.98. The number of alkyl halides is 1. The molecule has 13 nitrogen and oxygen atoms in total. The first kappa shape index (κ1) is 40.5. The predicted molar refractivity (Wildman–Crippen MR) is 212 cm³/mol. The van der Waals surface area contributed by atoms with Crippen molar-refractivity contribution in [3.63, 3.8) is 0 Å². The molecular formula is C36H38IN3O10S3. The van der Waals surface area contributed by atoms with Gasteiger partial charge in [0, 0.05) is 52.1 Å². The average molecular weight is 896 g/mol. The van der Waals surface area contributed by atoms with Gasteiger partial charge in [-0.15, -0.1) is 0 Å². The van der Waals surface area contributed by atoms with Crippen LogP contribution in [0, 0.1) is 0 Å². The van der Waals surface area contributed by atoms with Gasteiger partial charge in [0.25, 0.3) is 20.2 Å². The van der Waals surface area contributed by atoms with Gasteiger partial charge in [-0.2, -0.15) is 21.4 Å². The molecule has 0 radical (unpaired) electrons. The minimum absolute atomic E-state index is 0.0184. The van der Waals surface area contributed by atoms with Crippen LogP contribution in [0.4, 0.5) is 17.1 Å². The van der Waals surface area contributed by atoms with Crippen molar-refractivity contribution in [3.05, 3.63) is 102 Å². The number of allylic oxidation sites excluding steroid dienone is 8. The number of hydrogen-bond donors (Lipinski definition) is 3. The Morgan fingerprint density at radius 3 is 2.17 bits per heavy atom. The van der Waals surface area contributed by atoms with Crippen molar-refractivity contribution < 1.29 is 48.3 Å². The van der Waals surface area contributed by atoms with E-state index in [1.165, 1.54) is 12.1 Å². The van der Waals surface area contributed by atoms with Crippen LogP contribution in [-0.4, -0.2) is 78.9 Å². The highest BCUT2D eigenvalue weighted by Crippen LogP contribution is 2.51. The van der Waals surface area contributed by atoms with Crippen molar-refractivity contribution in [1.82, 2.24) is 0 Å². The van der Waals surface area contributed by atoms with E-state index in [1.54, 1.807) is 43.1 Å². The molecular weight excluding hydrogens is 858 g/mol.